The van der Waals surface area contributed by atoms with Crippen LogP contribution in [0, 0.1) is 0 Å². The summed E-state index contributed by atoms with van der Waals surface area (Å²) >= 11 is 5.91. The predicted molar refractivity (Wildman–Crippen MR) is 87.3 cm³/mol. The molecular formula is C17H27ClN2. The van der Waals surface area contributed by atoms with Crippen molar-refractivity contribution in [3.8, 4) is 0 Å². The van der Waals surface area contributed by atoms with Crippen molar-refractivity contribution in [1.29, 1.82) is 0 Å². The van der Waals surface area contributed by atoms with Crippen LogP contribution in [0.25, 0.3) is 0 Å². The minimum absolute atomic E-state index is 0.751. The fourth-order valence-electron chi connectivity index (χ4n) is 2.92. The van der Waals surface area contributed by atoms with Crippen LogP contribution in [-0.4, -0.2) is 31.1 Å². The molecule has 0 heterocycles. The first-order chi connectivity index (χ1) is 9.74. The Balaban J connectivity index is 1.64. The van der Waals surface area contributed by atoms with Crippen LogP contribution in [0.5, 0.6) is 0 Å². The summed E-state index contributed by atoms with van der Waals surface area (Å²) in [7, 11) is 2.18. The summed E-state index contributed by atoms with van der Waals surface area (Å²) in [6.07, 6.45) is 8.38. The largest absolute Gasteiger partial charge is 0.313 e. The second-order valence-corrected chi connectivity index (χ2v) is 6.44. The molecule has 2 nitrogen and oxygen atoms in total. The SMILES string of the molecule is CN(CCNC1CCCCCC1)Cc1ccc(Cl)cc1. The van der Waals surface area contributed by atoms with E-state index in [-0.39, 0.29) is 0 Å². The molecule has 0 atom stereocenters. The fourth-order valence-corrected chi connectivity index (χ4v) is 3.05. The summed E-state index contributed by atoms with van der Waals surface area (Å²) in [5.41, 5.74) is 1.33. The first-order valence-electron chi connectivity index (χ1n) is 7.90. The normalized spacial score (nSPS) is 17.4. The van der Waals surface area contributed by atoms with Gasteiger partial charge in [0.2, 0.25) is 0 Å². The van der Waals surface area contributed by atoms with Crippen LogP contribution in [-0.2, 0) is 6.54 Å². The van der Waals surface area contributed by atoms with Gasteiger partial charge in [0, 0.05) is 30.7 Å². The Bertz CT molecular complexity index is 369. The Morgan fingerprint density at radius 2 is 1.75 bits per heavy atom. The smallest absolute Gasteiger partial charge is 0.0406 e. The molecule has 0 radical (unpaired) electrons. The van der Waals surface area contributed by atoms with Crippen LogP contribution in [0.2, 0.25) is 5.02 Å². The summed E-state index contributed by atoms with van der Waals surface area (Å²) < 4.78 is 0. The monoisotopic (exact) mass is 294 g/mol. The molecule has 0 amide bonds. The maximum absolute atomic E-state index is 5.91. The van der Waals surface area contributed by atoms with Crippen LogP contribution in [0.4, 0.5) is 0 Å². The molecule has 1 saturated carbocycles. The zero-order valence-electron chi connectivity index (χ0n) is 12.6. The average Bonchev–Trinajstić information content (AvgIpc) is 2.70. The number of likely N-dealkylation sites (N-methyl/N-ethyl adjacent to an activating group) is 1. The van der Waals surface area contributed by atoms with Crippen LogP contribution in [0.3, 0.4) is 0 Å². The second-order valence-electron chi connectivity index (χ2n) is 6.01. The summed E-state index contributed by atoms with van der Waals surface area (Å²) in [5, 5.41) is 4.54. The van der Waals surface area contributed by atoms with Crippen molar-refractivity contribution in [2.45, 2.75) is 51.1 Å². The van der Waals surface area contributed by atoms with Gasteiger partial charge in [0.05, 0.1) is 0 Å². The number of benzene rings is 1. The van der Waals surface area contributed by atoms with E-state index >= 15 is 0 Å². The molecule has 1 aliphatic rings. The molecule has 1 aromatic carbocycles. The van der Waals surface area contributed by atoms with Crippen molar-refractivity contribution in [2.24, 2.45) is 0 Å². The summed E-state index contributed by atoms with van der Waals surface area (Å²) in [6.45, 7) is 3.18. The van der Waals surface area contributed by atoms with E-state index in [1.165, 1.54) is 44.1 Å². The van der Waals surface area contributed by atoms with Gasteiger partial charge in [-0.3, -0.25) is 0 Å². The number of hydrogen-bond donors (Lipinski definition) is 1. The molecule has 1 aliphatic carbocycles. The first-order valence-corrected chi connectivity index (χ1v) is 8.28. The molecule has 0 aromatic heterocycles. The zero-order chi connectivity index (χ0) is 14.2. The molecule has 0 saturated heterocycles. The number of nitrogens with one attached hydrogen (secondary N) is 1. The third-order valence-electron chi connectivity index (χ3n) is 4.15. The molecule has 2 rings (SSSR count). The standard InChI is InChI=1S/C17H27ClN2/c1-20(14-15-8-10-16(18)11-9-15)13-12-19-17-6-4-2-3-5-7-17/h8-11,17,19H,2-7,12-14H2,1H3. The maximum atomic E-state index is 5.91. The third kappa shape index (κ3) is 5.82. The van der Waals surface area contributed by atoms with Gasteiger partial charge in [-0.25, -0.2) is 0 Å². The molecular weight excluding hydrogens is 268 g/mol. The van der Waals surface area contributed by atoms with Gasteiger partial charge in [-0.05, 0) is 37.6 Å². The van der Waals surface area contributed by atoms with E-state index in [0.29, 0.717) is 0 Å². The van der Waals surface area contributed by atoms with Crippen molar-refractivity contribution >= 4 is 11.6 Å². The summed E-state index contributed by atoms with van der Waals surface area (Å²) in [6, 6.07) is 8.90. The van der Waals surface area contributed by atoms with Crippen molar-refractivity contribution in [3.63, 3.8) is 0 Å². The van der Waals surface area contributed by atoms with Gasteiger partial charge in [0.1, 0.15) is 0 Å². The maximum Gasteiger partial charge on any atom is 0.0406 e. The summed E-state index contributed by atoms with van der Waals surface area (Å²) in [4.78, 5) is 2.37. The molecule has 0 spiro atoms. The van der Waals surface area contributed by atoms with Gasteiger partial charge >= 0.3 is 0 Å². The van der Waals surface area contributed by atoms with E-state index in [1.807, 2.05) is 12.1 Å². The van der Waals surface area contributed by atoms with Gasteiger partial charge in [0.15, 0.2) is 0 Å². The Labute approximate surface area is 128 Å². The lowest BCUT2D eigenvalue weighted by atomic mass is 10.1. The average molecular weight is 295 g/mol. The van der Waals surface area contributed by atoms with E-state index in [0.717, 1.165) is 30.7 Å². The molecule has 1 aromatic rings. The lowest BCUT2D eigenvalue weighted by molar-refractivity contribution is 0.312. The van der Waals surface area contributed by atoms with E-state index in [1.54, 1.807) is 0 Å². The van der Waals surface area contributed by atoms with E-state index in [9.17, 15) is 0 Å². The lowest BCUT2D eigenvalue weighted by Gasteiger charge is -2.20. The van der Waals surface area contributed by atoms with E-state index in [2.05, 4.69) is 29.4 Å². The lowest BCUT2D eigenvalue weighted by Crippen LogP contribution is -2.35. The van der Waals surface area contributed by atoms with Crippen molar-refractivity contribution < 1.29 is 0 Å². The predicted octanol–water partition coefficient (Wildman–Crippen LogP) is 4.08. The molecule has 0 bridgehead atoms. The highest BCUT2D eigenvalue weighted by Crippen LogP contribution is 2.17. The number of hydrogen-bond acceptors (Lipinski definition) is 2. The van der Waals surface area contributed by atoms with Gasteiger partial charge < -0.3 is 10.2 Å². The molecule has 0 unspecified atom stereocenters. The van der Waals surface area contributed by atoms with E-state index < -0.39 is 0 Å². The topological polar surface area (TPSA) is 15.3 Å². The van der Waals surface area contributed by atoms with Crippen LogP contribution >= 0.6 is 11.6 Å². The molecule has 1 N–H and O–H groups in total. The highest BCUT2D eigenvalue weighted by molar-refractivity contribution is 6.30. The van der Waals surface area contributed by atoms with Gasteiger partial charge in [0.25, 0.3) is 0 Å². The number of rotatable bonds is 6. The fraction of sp³-hybridized carbons (Fsp3) is 0.647. The quantitative estimate of drug-likeness (QED) is 0.795. The van der Waals surface area contributed by atoms with Crippen molar-refractivity contribution in [3.05, 3.63) is 34.9 Å². The van der Waals surface area contributed by atoms with Gasteiger partial charge in [-0.2, -0.15) is 0 Å². The Hall–Kier alpha value is -0.570. The Kier molecular flexibility index (Phi) is 6.85. The van der Waals surface area contributed by atoms with Crippen molar-refractivity contribution in [1.82, 2.24) is 10.2 Å². The third-order valence-corrected chi connectivity index (χ3v) is 4.40. The number of halogens is 1. The molecule has 3 heteroatoms. The van der Waals surface area contributed by atoms with Crippen LogP contribution < -0.4 is 5.32 Å². The van der Waals surface area contributed by atoms with Crippen LogP contribution in [0.15, 0.2) is 24.3 Å². The van der Waals surface area contributed by atoms with Crippen LogP contribution in [0.1, 0.15) is 44.1 Å². The number of nitrogens with zero attached hydrogens (tertiary/aromatic N) is 1. The summed E-state index contributed by atoms with van der Waals surface area (Å²) in [5.74, 6) is 0. The highest BCUT2D eigenvalue weighted by Gasteiger charge is 2.11. The van der Waals surface area contributed by atoms with Gasteiger partial charge in [-0.15, -0.1) is 0 Å². The Morgan fingerprint density at radius 1 is 1.10 bits per heavy atom. The molecule has 1 fully saturated rings. The van der Waals surface area contributed by atoms with Crippen molar-refractivity contribution in [2.75, 3.05) is 20.1 Å². The van der Waals surface area contributed by atoms with Gasteiger partial charge in [-0.1, -0.05) is 49.4 Å². The minimum Gasteiger partial charge on any atom is -0.313 e. The second kappa shape index (κ2) is 8.66. The highest BCUT2D eigenvalue weighted by atomic mass is 35.5. The van der Waals surface area contributed by atoms with E-state index in [4.69, 9.17) is 11.6 Å². The Morgan fingerprint density at radius 3 is 2.40 bits per heavy atom. The zero-order valence-corrected chi connectivity index (χ0v) is 13.3. The molecule has 112 valence electrons. The minimum atomic E-state index is 0.751. The first kappa shape index (κ1) is 15.8. The molecule has 20 heavy (non-hydrogen) atoms. The molecule has 0 aliphatic heterocycles.